The first kappa shape index (κ1) is 23.4. The average molecular weight is 474 g/mol. The van der Waals surface area contributed by atoms with Gasteiger partial charge in [-0.15, -0.1) is 0 Å². The van der Waals surface area contributed by atoms with Crippen LogP contribution in [0.5, 0.6) is 5.88 Å². The van der Waals surface area contributed by atoms with Crippen molar-refractivity contribution in [3.63, 3.8) is 0 Å². The molecule has 11 heteroatoms. The van der Waals surface area contributed by atoms with Crippen molar-refractivity contribution in [2.45, 2.75) is 32.6 Å². The summed E-state index contributed by atoms with van der Waals surface area (Å²) in [5, 5.41) is 4.84. The highest BCUT2D eigenvalue weighted by Crippen LogP contribution is 2.32. The second-order valence-electron chi connectivity index (χ2n) is 8.21. The van der Waals surface area contributed by atoms with Crippen LogP contribution in [-0.2, 0) is 6.42 Å². The molecule has 0 atom stereocenters. The van der Waals surface area contributed by atoms with Crippen LogP contribution < -0.4 is 15.2 Å². The van der Waals surface area contributed by atoms with Crippen molar-refractivity contribution >= 4 is 30.9 Å². The average Bonchev–Trinajstić information content (AvgIpc) is 3.21. The fourth-order valence-corrected chi connectivity index (χ4v) is 4.76. The molecule has 3 aromatic rings. The number of methoxy groups -OCH3 is 1. The topological polar surface area (TPSA) is 131 Å². The van der Waals surface area contributed by atoms with E-state index in [1.807, 2.05) is 0 Å². The SMILES string of the molecule is COc1nc(N2CCC(CCP(O)O)CC2)cc2cnn(C(=O)Cc3ccc(C)o3)c(=O)c12. The van der Waals surface area contributed by atoms with E-state index in [4.69, 9.17) is 18.9 Å². The van der Waals surface area contributed by atoms with Gasteiger partial charge in [-0.1, -0.05) is 0 Å². The summed E-state index contributed by atoms with van der Waals surface area (Å²) in [5.41, 5.74) is -0.583. The van der Waals surface area contributed by atoms with Gasteiger partial charge in [-0.2, -0.15) is 14.8 Å². The number of aromatic nitrogens is 3. The molecule has 4 rings (SSSR count). The van der Waals surface area contributed by atoms with Crippen LogP contribution in [-0.4, -0.2) is 56.8 Å². The molecule has 0 radical (unpaired) electrons. The number of aryl methyl sites for hydroxylation is 1. The lowest BCUT2D eigenvalue weighted by molar-refractivity contribution is 0.0886. The number of piperidine rings is 1. The van der Waals surface area contributed by atoms with Crippen molar-refractivity contribution in [3.05, 3.63) is 46.3 Å². The molecule has 0 spiro atoms. The first-order chi connectivity index (χ1) is 15.9. The second kappa shape index (κ2) is 9.99. The molecule has 0 aliphatic carbocycles. The Balaban J connectivity index is 1.57. The van der Waals surface area contributed by atoms with Crippen LogP contribution in [0, 0.1) is 12.8 Å². The smallest absolute Gasteiger partial charge is 0.287 e. The van der Waals surface area contributed by atoms with Crippen molar-refractivity contribution in [2.75, 3.05) is 31.3 Å². The quantitative estimate of drug-likeness (QED) is 0.496. The highest BCUT2D eigenvalue weighted by atomic mass is 31.2. The summed E-state index contributed by atoms with van der Waals surface area (Å²) >= 11 is 0. The standard InChI is InChI=1S/C22H27N4O6P/c1-14-3-4-17(32-14)12-19(27)26-22(28)20-16(13-23-26)11-18(24-21(20)31-2)25-8-5-15(6-9-25)7-10-33(29)30/h3-4,11,13,15,29-30H,5-10,12H2,1-2H3. The van der Waals surface area contributed by atoms with Crippen LogP contribution in [0.1, 0.15) is 35.6 Å². The predicted octanol–water partition coefficient (Wildman–Crippen LogP) is 2.49. The highest BCUT2D eigenvalue weighted by Gasteiger charge is 2.23. The molecule has 1 aliphatic heterocycles. The number of carbonyl (C=O) groups is 1. The van der Waals surface area contributed by atoms with E-state index in [-0.39, 0.29) is 17.7 Å². The summed E-state index contributed by atoms with van der Waals surface area (Å²) in [4.78, 5) is 50.7. The Labute approximate surface area is 191 Å². The molecule has 176 valence electrons. The van der Waals surface area contributed by atoms with Crippen LogP contribution in [0.3, 0.4) is 0 Å². The Kier molecular flexibility index (Phi) is 7.07. The zero-order chi connectivity index (χ0) is 23.5. The van der Waals surface area contributed by atoms with Gasteiger partial charge in [0.15, 0.2) is 8.38 Å². The maximum atomic E-state index is 13.1. The molecule has 10 nitrogen and oxygen atoms in total. The molecular formula is C22H27N4O6P. The molecule has 3 aromatic heterocycles. The minimum Gasteiger partial charge on any atom is -0.480 e. The summed E-state index contributed by atoms with van der Waals surface area (Å²) in [6.45, 7) is 3.32. The van der Waals surface area contributed by atoms with Gasteiger partial charge in [-0.05, 0) is 50.3 Å². The Hall–Kier alpha value is -2.81. The Morgan fingerprint density at radius 1 is 1.30 bits per heavy atom. The van der Waals surface area contributed by atoms with Crippen LogP contribution in [0.4, 0.5) is 5.82 Å². The van der Waals surface area contributed by atoms with E-state index < -0.39 is 19.8 Å². The third-order valence-corrected chi connectivity index (χ3v) is 6.61. The Morgan fingerprint density at radius 3 is 2.70 bits per heavy atom. The number of fused-ring (bicyclic) bond motifs is 1. The lowest BCUT2D eigenvalue weighted by Gasteiger charge is -2.33. The summed E-state index contributed by atoms with van der Waals surface area (Å²) < 4.78 is 11.7. The van der Waals surface area contributed by atoms with Gasteiger partial charge < -0.3 is 23.8 Å². The summed E-state index contributed by atoms with van der Waals surface area (Å²) in [5.74, 6) is 1.93. The van der Waals surface area contributed by atoms with E-state index in [2.05, 4.69) is 15.0 Å². The monoisotopic (exact) mass is 474 g/mol. The Bertz CT molecular complexity index is 1200. The second-order valence-corrected chi connectivity index (χ2v) is 9.41. The third kappa shape index (κ3) is 5.24. The van der Waals surface area contributed by atoms with Gasteiger partial charge in [-0.3, -0.25) is 9.59 Å². The van der Waals surface area contributed by atoms with Gasteiger partial charge in [0.1, 0.15) is 22.7 Å². The Morgan fingerprint density at radius 2 is 2.06 bits per heavy atom. The minimum absolute atomic E-state index is 0.0799. The first-order valence-electron chi connectivity index (χ1n) is 10.8. The molecule has 0 unspecified atom stereocenters. The van der Waals surface area contributed by atoms with Gasteiger partial charge in [0.25, 0.3) is 11.5 Å². The van der Waals surface area contributed by atoms with Gasteiger partial charge in [0.2, 0.25) is 5.88 Å². The molecule has 33 heavy (non-hydrogen) atoms. The normalized spacial score (nSPS) is 14.9. The molecule has 0 bridgehead atoms. The number of nitrogens with zero attached hydrogens (tertiary/aromatic N) is 4. The summed E-state index contributed by atoms with van der Waals surface area (Å²) in [7, 11) is -0.399. The van der Waals surface area contributed by atoms with Crippen molar-refractivity contribution in [1.29, 1.82) is 0 Å². The molecule has 4 heterocycles. The van der Waals surface area contributed by atoms with Gasteiger partial charge in [-0.25, -0.2) is 0 Å². The zero-order valence-corrected chi connectivity index (χ0v) is 19.5. The van der Waals surface area contributed by atoms with Crippen LogP contribution in [0.25, 0.3) is 10.8 Å². The fourth-order valence-electron chi connectivity index (χ4n) is 4.16. The largest absolute Gasteiger partial charge is 0.480 e. The number of ether oxygens (including phenoxy) is 1. The zero-order valence-electron chi connectivity index (χ0n) is 18.6. The number of hydrogen-bond acceptors (Lipinski definition) is 9. The van der Waals surface area contributed by atoms with Gasteiger partial charge in [0.05, 0.1) is 19.7 Å². The lowest BCUT2D eigenvalue weighted by atomic mass is 9.94. The van der Waals surface area contributed by atoms with Crippen LogP contribution >= 0.6 is 8.38 Å². The fraction of sp³-hybridized carbons (Fsp3) is 0.455. The van der Waals surface area contributed by atoms with Gasteiger partial charge in [0, 0.05) is 24.6 Å². The van der Waals surface area contributed by atoms with Crippen LogP contribution in [0.2, 0.25) is 0 Å². The number of pyridine rings is 1. The number of anilines is 1. The molecule has 1 fully saturated rings. The molecule has 0 amide bonds. The van der Waals surface area contributed by atoms with Crippen molar-refractivity contribution in [3.8, 4) is 5.88 Å². The molecule has 1 saturated heterocycles. The van der Waals surface area contributed by atoms with E-state index in [1.54, 1.807) is 25.1 Å². The summed E-state index contributed by atoms with van der Waals surface area (Å²) in [6.07, 6.45) is 4.49. The number of furan rings is 1. The molecule has 2 N–H and O–H groups in total. The maximum Gasteiger partial charge on any atom is 0.287 e. The van der Waals surface area contributed by atoms with E-state index >= 15 is 0 Å². The third-order valence-electron chi connectivity index (χ3n) is 5.95. The van der Waals surface area contributed by atoms with E-state index in [1.165, 1.54) is 13.3 Å². The minimum atomic E-state index is -1.84. The van der Waals surface area contributed by atoms with E-state index in [0.717, 1.165) is 37.0 Å². The number of carbonyl (C=O) groups excluding carboxylic acids is 1. The molecule has 0 saturated carbocycles. The van der Waals surface area contributed by atoms with Gasteiger partial charge >= 0.3 is 0 Å². The van der Waals surface area contributed by atoms with Crippen molar-refractivity contribution < 1.29 is 23.7 Å². The van der Waals surface area contributed by atoms with E-state index in [0.29, 0.717) is 34.8 Å². The molecular weight excluding hydrogens is 447 g/mol. The lowest BCUT2D eigenvalue weighted by Crippen LogP contribution is -2.35. The van der Waals surface area contributed by atoms with Crippen molar-refractivity contribution in [1.82, 2.24) is 14.8 Å². The van der Waals surface area contributed by atoms with Crippen molar-refractivity contribution in [2.24, 2.45) is 5.92 Å². The highest BCUT2D eigenvalue weighted by molar-refractivity contribution is 7.45. The molecule has 0 aromatic carbocycles. The maximum absolute atomic E-state index is 13.1. The predicted molar refractivity (Wildman–Crippen MR) is 124 cm³/mol. The van der Waals surface area contributed by atoms with E-state index in [9.17, 15) is 9.59 Å². The molecule has 1 aliphatic rings. The summed E-state index contributed by atoms with van der Waals surface area (Å²) in [6, 6.07) is 5.25. The number of hydrogen-bond donors (Lipinski definition) is 2. The number of rotatable bonds is 7. The van der Waals surface area contributed by atoms with Crippen LogP contribution in [0.15, 0.2) is 33.6 Å². The first-order valence-corrected chi connectivity index (χ1v) is 12.2.